The van der Waals surface area contributed by atoms with E-state index >= 15 is 0 Å². The maximum Gasteiger partial charge on any atom is 0.185 e. The van der Waals surface area contributed by atoms with E-state index in [-0.39, 0.29) is 5.54 Å². The Kier molecular flexibility index (Phi) is 5.60. The molecule has 1 aromatic heterocycles. The van der Waals surface area contributed by atoms with Gasteiger partial charge >= 0.3 is 0 Å². The molecule has 6 N–H and O–H groups in total. The summed E-state index contributed by atoms with van der Waals surface area (Å²) in [5.74, 6) is 10.9. The van der Waals surface area contributed by atoms with Crippen molar-refractivity contribution < 1.29 is 0 Å². The maximum absolute atomic E-state index is 5.35. The van der Waals surface area contributed by atoms with Crippen molar-refractivity contribution in [1.29, 1.82) is 0 Å². The molecule has 0 fully saturated rings. The second kappa shape index (κ2) is 6.97. The molecule has 0 radical (unpaired) electrons. The minimum atomic E-state index is 0.0102. The molecule has 0 saturated heterocycles. The highest BCUT2D eigenvalue weighted by molar-refractivity contribution is 6.02. The summed E-state index contributed by atoms with van der Waals surface area (Å²) in [5, 5.41) is 6.93. The molecule has 110 valence electrons. The molecule has 0 aliphatic heterocycles. The van der Waals surface area contributed by atoms with E-state index < -0.39 is 0 Å². The molecule has 20 heavy (non-hydrogen) atoms. The highest BCUT2D eigenvalue weighted by atomic mass is 15.3. The Balaban J connectivity index is 2.97. The van der Waals surface area contributed by atoms with E-state index in [0.717, 1.165) is 11.4 Å². The first kappa shape index (κ1) is 16.1. The van der Waals surface area contributed by atoms with Gasteiger partial charge in [-0.1, -0.05) is 6.07 Å². The van der Waals surface area contributed by atoms with Crippen molar-refractivity contribution in [3.63, 3.8) is 0 Å². The Morgan fingerprint density at radius 1 is 1.30 bits per heavy atom. The summed E-state index contributed by atoms with van der Waals surface area (Å²) in [5.41, 5.74) is 4.62. The van der Waals surface area contributed by atoms with Crippen LogP contribution in [0.5, 0.6) is 0 Å². The predicted molar refractivity (Wildman–Crippen MR) is 82.5 cm³/mol. The van der Waals surface area contributed by atoms with E-state index in [2.05, 4.69) is 46.6 Å². The van der Waals surface area contributed by atoms with Crippen LogP contribution >= 0.6 is 0 Å². The lowest BCUT2D eigenvalue weighted by Crippen LogP contribution is -2.40. The third-order valence-corrected chi connectivity index (χ3v) is 2.61. The van der Waals surface area contributed by atoms with Crippen LogP contribution in [0.2, 0.25) is 0 Å². The largest absolute Gasteiger partial charge is 0.321 e. The molecule has 1 aromatic rings. The molecule has 0 aromatic carbocycles. The summed E-state index contributed by atoms with van der Waals surface area (Å²) in [6, 6.07) is 5.53. The number of aliphatic imine (C=N–C) groups is 1. The summed E-state index contributed by atoms with van der Waals surface area (Å²) >= 11 is 0. The lowest BCUT2D eigenvalue weighted by atomic mass is 10.1. The van der Waals surface area contributed by atoms with Gasteiger partial charge in [0.2, 0.25) is 0 Å². The maximum atomic E-state index is 5.35. The normalized spacial score (nSPS) is 13.4. The van der Waals surface area contributed by atoms with E-state index in [9.17, 15) is 0 Å². The highest BCUT2D eigenvalue weighted by Crippen LogP contribution is 2.04. The van der Waals surface area contributed by atoms with E-state index in [0.29, 0.717) is 18.1 Å². The SMILES string of the molecule is CN=C(CNC(C)(C)C)c1cccc(/C(=N/N)NN)n1. The molecule has 0 unspecified atom stereocenters. The standard InChI is InChI=1S/C13H23N7/c1-13(2,3)17-8-11(16-4)9-6-5-7-10(18-9)12(19-14)20-15/h5-7,17H,8,14-15H2,1-4H3,(H,19,20). The smallest absolute Gasteiger partial charge is 0.185 e. The first-order valence-electron chi connectivity index (χ1n) is 6.34. The van der Waals surface area contributed by atoms with Crippen LogP contribution in [0, 0.1) is 0 Å². The van der Waals surface area contributed by atoms with Gasteiger partial charge in [0, 0.05) is 19.1 Å². The zero-order chi connectivity index (χ0) is 15.2. The zero-order valence-corrected chi connectivity index (χ0v) is 12.4. The Labute approximate surface area is 119 Å². The van der Waals surface area contributed by atoms with E-state index in [1.807, 2.05) is 12.1 Å². The Bertz CT molecular complexity index is 500. The third-order valence-electron chi connectivity index (χ3n) is 2.61. The van der Waals surface area contributed by atoms with Crippen LogP contribution in [-0.2, 0) is 0 Å². The Hall–Kier alpha value is -1.99. The van der Waals surface area contributed by atoms with Crippen molar-refractivity contribution in [3.05, 3.63) is 29.6 Å². The predicted octanol–water partition coefficient (Wildman–Crippen LogP) is -0.0278. The molecule has 7 nitrogen and oxygen atoms in total. The fraction of sp³-hybridized carbons (Fsp3) is 0.462. The third kappa shape index (κ3) is 4.60. The summed E-state index contributed by atoms with van der Waals surface area (Å²) in [6.45, 7) is 6.92. The topological polar surface area (TPSA) is 114 Å². The van der Waals surface area contributed by atoms with Gasteiger partial charge < -0.3 is 16.6 Å². The number of nitrogens with two attached hydrogens (primary N) is 2. The number of hydrazone groups is 1. The van der Waals surface area contributed by atoms with Crippen LogP contribution in [0.1, 0.15) is 32.2 Å². The first-order chi connectivity index (χ1) is 9.41. The molecule has 1 rings (SSSR count). The Morgan fingerprint density at radius 3 is 2.45 bits per heavy atom. The van der Waals surface area contributed by atoms with Gasteiger partial charge in [-0.25, -0.2) is 10.8 Å². The fourth-order valence-corrected chi connectivity index (χ4v) is 1.54. The monoisotopic (exact) mass is 277 g/mol. The highest BCUT2D eigenvalue weighted by Gasteiger charge is 2.13. The quantitative estimate of drug-likeness (QED) is 0.267. The minimum Gasteiger partial charge on any atom is -0.321 e. The summed E-state index contributed by atoms with van der Waals surface area (Å²) in [7, 11) is 1.74. The number of hydrogen-bond acceptors (Lipinski definition) is 6. The number of rotatable bonds is 4. The second-order valence-electron chi connectivity index (χ2n) is 5.30. The van der Waals surface area contributed by atoms with Gasteiger partial charge in [0.1, 0.15) is 5.69 Å². The van der Waals surface area contributed by atoms with Crippen molar-refractivity contribution in [2.75, 3.05) is 13.6 Å². The molecule has 0 atom stereocenters. The Morgan fingerprint density at radius 2 is 1.95 bits per heavy atom. The summed E-state index contributed by atoms with van der Waals surface area (Å²) in [4.78, 5) is 8.74. The fourth-order valence-electron chi connectivity index (χ4n) is 1.54. The van der Waals surface area contributed by atoms with Gasteiger partial charge in [-0.3, -0.25) is 4.99 Å². The van der Waals surface area contributed by atoms with Gasteiger partial charge in [0.05, 0.1) is 11.4 Å². The van der Waals surface area contributed by atoms with Crippen LogP contribution in [0.3, 0.4) is 0 Å². The number of pyridine rings is 1. The first-order valence-corrected chi connectivity index (χ1v) is 6.34. The number of nitrogens with zero attached hydrogens (tertiary/aromatic N) is 3. The molecule has 1 heterocycles. The van der Waals surface area contributed by atoms with Gasteiger partial charge in [-0.15, -0.1) is 0 Å². The van der Waals surface area contributed by atoms with Gasteiger partial charge in [-0.05, 0) is 32.9 Å². The van der Waals surface area contributed by atoms with Gasteiger partial charge in [0.15, 0.2) is 5.84 Å². The van der Waals surface area contributed by atoms with E-state index in [1.54, 1.807) is 13.1 Å². The number of nitrogens with one attached hydrogen (secondary N) is 2. The number of amidine groups is 1. The average molecular weight is 277 g/mol. The molecule has 7 heteroatoms. The number of hydrogen-bond donors (Lipinski definition) is 4. The lowest BCUT2D eigenvalue weighted by molar-refractivity contribution is 0.455. The zero-order valence-electron chi connectivity index (χ0n) is 12.4. The molecular weight excluding hydrogens is 254 g/mol. The molecule has 0 aliphatic carbocycles. The van der Waals surface area contributed by atoms with Crippen LogP contribution in [-0.4, -0.2) is 35.7 Å². The average Bonchev–Trinajstić information content (AvgIpc) is 2.40. The molecular formula is C13H23N7. The van der Waals surface area contributed by atoms with Crippen molar-refractivity contribution in [3.8, 4) is 0 Å². The lowest BCUT2D eigenvalue weighted by Gasteiger charge is -2.21. The van der Waals surface area contributed by atoms with Gasteiger partial charge in [-0.2, -0.15) is 5.10 Å². The van der Waals surface area contributed by atoms with Crippen molar-refractivity contribution in [1.82, 2.24) is 15.7 Å². The van der Waals surface area contributed by atoms with Crippen molar-refractivity contribution in [2.45, 2.75) is 26.3 Å². The van der Waals surface area contributed by atoms with E-state index in [1.165, 1.54) is 0 Å². The molecule has 0 bridgehead atoms. The molecule has 0 saturated carbocycles. The van der Waals surface area contributed by atoms with Crippen molar-refractivity contribution in [2.24, 2.45) is 21.8 Å². The minimum absolute atomic E-state index is 0.0102. The molecule has 0 spiro atoms. The van der Waals surface area contributed by atoms with Crippen LogP contribution in [0.15, 0.2) is 28.3 Å². The summed E-state index contributed by atoms with van der Waals surface area (Å²) in [6.07, 6.45) is 0. The van der Waals surface area contributed by atoms with E-state index in [4.69, 9.17) is 11.7 Å². The molecule has 0 aliphatic rings. The second-order valence-corrected chi connectivity index (χ2v) is 5.30. The van der Waals surface area contributed by atoms with Crippen LogP contribution < -0.4 is 22.4 Å². The van der Waals surface area contributed by atoms with Gasteiger partial charge in [0.25, 0.3) is 0 Å². The van der Waals surface area contributed by atoms with Crippen LogP contribution in [0.4, 0.5) is 0 Å². The number of aromatic nitrogens is 1. The molecule has 0 amide bonds. The number of hydrazine groups is 1. The van der Waals surface area contributed by atoms with Crippen molar-refractivity contribution >= 4 is 11.5 Å². The summed E-state index contributed by atoms with van der Waals surface area (Å²) < 4.78 is 0. The van der Waals surface area contributed by atoms with Crippen LogP contribution in [0.25, 0.3) is 0 Å².